The topological polar surface area (TPSA) is 75.3 Å². The van der Waals surface area contributed by atoms with Crippen molar-refractivity contribution >= 4 is 27.3 Å². The first-order valence-electron chi connectivity index (χ1n) is 6.14. The largest absolute Gasteiger partial charge is 0.326 e. The maximum Gasteiger partial charge on any atom is 0.267 e. The van der Waals surface area contributed by atoms with E-state index in [2.05, 4.69) is 10.0 Å². The summed E-state index contributed by atoms with van der Waals surface area (Å²) in [6.07, 6.45) is 0. The number of hydrogen-bond acceptors (Lipinski definition) is 3. The van der Waals surface area contributed by atoms with E-state index in [1.54, 1.807) is 0 Å². The highest BCUT2D eigenvalue weighted by atomic mass is 32.2. The zero-order valence-corrected chi connectivity index (χ0v) is 12.2. The second-order valence-electron chi connectivity index (χ2n) is 4.41. The van der Waals surface area contributed by atoms with Crippen LogP contribution in [0.15, 0.2) is 47.4 Å². The van der Waals surface area contributed by atoms with Crippen LogP contribution in [0, 0.1) is 11.6 Å². The fourth-order valence-corrected chi connectivity index (χ4v) is 2.97. The van der Waals surface area contributed by atoms with Crippen LogP contribution in [0.2, 0.25) is 0 Å². The number of amides is 1. The SMILES string of the molecule is CC(=O)Nc1ccc(NS(=O)(=O)c2c(F)cccc2F)cc1. The second-order valence-corrected chi connectivity index (χ2v) is 6.03. The van der Waals surface area contributed by atoms with Crippen molar-refractivity contribution in [1.82, 2.24) is 0 Å². The third kappa shape index (κ3) is 3.59. The monoisotopic (exact) mass is 326 g/mol. The molecule has 0 aliphatic carbocycles. The van der Waals surface area contributed by atoms with Crippen molar-refractivity contribution in [3.63, 3.8) is 0 Å². The number of anilines is 2. The number of halogens is 2. The third-order valence-electron chi connectivity index (χ3n) is 2.65. The zero-order chi connectivity index (χ0) is 16.3. The molecule has 0 saturated carbocycles. The first-order chi connectivity index (χ1) is 10.3. The van der Waals surface area contributed by atoms with Gasteiger partial charge < -0.3 is 5.32 Å². The lowest BCUT2D eigenvalue weighted by molar-refractivity contribution is -0.114. The number of rotatable bonds is 4. The normalized spacial score (nSPS) is 11.0. The van der Waals surface area contributed by atoms with E-state index in [9.17, 15) is 22.0 Å². The van der Waals surface area contributed by atoms with Gasteiger partial charge in [-0.15, -0.1) is 0 Å². The molecular formula is C14H12F2N2O3S. The average molecular weight is 326 g/mol. The summed E-state index contributed by atoms with van der Waals surface area (Å²) in [5, 5.41) is 2.51. The number of benzene rings is 2. The van der Waals surface area contributed by atoms with Crippen molar-refractivity contribution in [2.24, 2.45) is 0 Å². The van der Waals surface area contributed by atoms with Gasteiger partial charge in [0.25, 0.3) is 10.0 Å². The molecule has 0 aliphatic rings. The Bertz CT molecular complexity index is 785. The summed E-state index contributed by atoms with van der Waals surface area (Å²) >= 11 is 0. The average Bonchev–Trinajstić information content (AvgIpc) is 2.39. The van der Waals surface area contributed by atoms with Crippen LogP contribution in [-0.4, -0.2) is 14.3 Å². The Morgan fingerprint density at radius 3 is 1.95 bits per heavy atom. The molecule has 5 nitrogen and oxygen atoms in total. The number of nitrogens with one attached hydrogen (secondary N) is 2. The molecule has 0 fully saturated rings. The number of carbonyl (C=O) groups excluding carboxylic acids is 1. The van der Waals surface area contributed by atoms with Crippen LogP contribution in [0.25, 0.3) is 0 Å². The second kappa shape index (κ2) is 6.10. The van der Waals surface area contributed by atoms with E-state index in [-0.39, 0.29) is 11.6 Å². The predicted octanol–water partition coefficient (Wildman–Crippen LogP) is 2.72. The lowest BCUT2D eigenvalue weighted by atomic mass is 10.3. The molecule has 0 bridgehead atoms. The van der Waals surface area contributed by atoms with Gasteiger partial charge in [-0.1, -0.05) is 6.07 Å². The van der Waals surface area contributed by atoms with Gasteiger partial charge in [0.1, 0.15) is 11.6 Å². The smallest absolute Gasteiger partial charge is 0.267 e. The summed E-state index contributed by atoms with van der Waals surface area (Å²) in [5.41, 5.74) is 0.573. The molecule has 0 aromatic heterocycles. The van der Waals surface area contributed by atoms with Crippen molar-refractivity contribution in [2.45, 2.75) is 11.8 Å². The van der Waals surface area contributed by atoms with E-state index in [1.165, 1.54) is 31.2 Å². The molecular weight excluding hydrogens is 314 g/mol. The standard InChI is InChI=1S/C14H12F2N2O3S/c1-9(19)17-10-5-7-11(8-6-10)18-22(20,21)14-12(15)3-2-4-13(14)16/h2-8,18H,1H3,(H,17,19). The molecule has 0 atom stereocenters. The van der Waals surface area contributed by atoms with E-state index in [4.69, 9.17) is 0 Å². The highest BCUT2D eigenvalue weighted by Crippen LogP contribution is 2.22. The Morgan fingerprint density at radius 2 is 1.45 bits per heavy atom. The molecule has 8 heteroatoms. The maximum atomic E-state index is 13.5. The van der Waals surface area contributed by atoms with Gasteiger partial charge in [0.05, 0.1) is 0 Å². The van der Waals surface area contributed by atoms with E-state index >= 15 is 0 Å². The van der Waals surface area contributed by atoms with Crippen molar-refractivity contribution in [3.05, 3.63) is 54.1 Å². The van der Waals surface area contributed by atoms with Gasteiger partial charge in [0, 0.05) is 18.3 Å². The number of carbonyl (C=O) groups is 1. The molecule has 0 aliphatic heterocycles. The van der Waals surface area contributed by atoms with Gasteiger partial charge in [-0.2, -0.15) is 0 Å². The molecule has 0 unspecified atom stereocenters. The van der Waals surface area contributed by atoms with Gasteiger partial charge in [-0.3, -0.25) is 9.52 Å². The summed E-state index contributed by atoms with van der Waals surface area (Å²) in [6.45, 7) is 1.33. The summed E-state index contributed by atoms with van der Waals surface area (Å²) < 4.78 is 53.3. The maximum absolute atomic E-state index is 13.5. The molecule has 1 amide bonds. The summed E-state index contributed by atoms with van der Waals surface area (Å²) in [6, 6.07) is 8.43. The number of hydrogen-bond donors (Lipinski definition) is 2. The third-order valence-corrected chi connectivity index (χ3v) is 4.08. The van der Waals surface area contributed by atoms with Crippen molar-refractivity contribution in [1.29, 1.82) is 0 Å². The van der Waals surface area contributed by atoms with Crippen LogP contribution < -0.4 is 10.0 Å². The Morgan fingerprint density at radius 1 is 0.955 bits per heavy atom. The van der Waals surface area contributed by atoms with E-state index < -0.39 is 26.6 Å². The first-order valence-corrected chi connectivity index (χ1v) is 7.62. The van der Waals surface area contributed by atoms with Gasteiger partial charge >= 0.3 is 0 Å². The molecule has 0 saturated heterocycles. The van der Waals surface area contributed by atoms with E-state index in [1.807, 2.05) is 0 Å². The van der Waals surface area contributed by atoms with E-state index in [0.717, 1.165) is 18.2 Å². The fraction of sp³-hybridized carbons (Fsp3) is 0.0714. The van der Waals surface area contributed by atoms with Crippen molar-refractivity contribution < 1.29 is 22.0 Å². The Balaban J connectivity index is 2.27. The molecule has 0 spiro atoms. The Labute approximate surface area is 126 Å². The van der Waals surface area contributed by atoms with Crippen LogP contribution in [0.1, 0.15) is 6.92 Å². The van der Waals surface area contributed by atoms with Crippen LogP contribution in [0.5, 0.6) is 0 Å². The molecule has 0 radical (unpaired) electrons. The number of sulfonamides is 1. The molecule has 2 aromatic rings. The predicted molar refractivity (Wildman–Crippen MR) is 77.9 cm³/mol. The minimum Gasteiger partial charge on any atom is -0.326 e. The fourth-order valence-electron chi connectivity index (χ4n) is 1.77. The Hall–Kier alpha value is -2.48. The lowest BCUT2D eigenvalue weighted by Gasteiger charge is -2.10. The summed E-state index contributed by atoms with van der Waals surface area (Å²) in [4.78, 5) is 9.84. The quantitative estimate of drug-likeness (QED) is 0.907. The van der Waals surface area contributed by atoms with Crippen LogP contribution in [0.3, 0.4) is 0 Å². The van der Waals surface area contributed by atoms with Gasteiger partial charge in [-0.25, -0.2) is 17.2 Å². The van der Waals surface area contributed by atoms with Crippen molar-refractivity contribution in [3.8, 4) is 0 Å². The molecule has 0 heterocycles. The van der Waals surface area contributed by atoms with E-state index in [0.29, 0.717) is 5.69 Å². The van der Waals surface area contributed by atoms with Gasteiger partial charge in [0.15, 0.2) is 4.90 Å². The molecule has 116 valence electrons. The van der Waals surface area contributed by atoms with Crippen LogP contribution >= 0.6 is 0 Å². The Kier molecular flexibility index (Phi) is 4.41. The van der Waals surface area contributed by atoms with Crippen LogP contribution in [0.4, 0.5) is 20.2 Å². The van der Waals surface area contributed by atoms with Gasteiger partial charge in [-0.05, 0) is 36.4 Å². The highest BCUT2D eigenvalue weighted by Gasteiger charge is 2.23. The summed E-state index contributed by atoms with van der Waals surface area (Å²) in [5.74, 6) is -2.63. The molecule has 2 aromatic carbocycles. The van der Waals surface area contributed by atoms with Gasteiger partial charge in [0.2, 0.25) is 5.91 Å². The van der Waals surface area contributed by atoms with Crippen LogP contribution in [-0.2, 0) is 14.8 Å². The summed E-state index contributed by atoms with van der Waals surface area (Å²) in [7, 11) is -4.40. The molecule has 2 N–H and O–H groups in total. The minimum atomic E-state index is -4.40. The highest BCUT2D eigenvalue weighted by molar-refractivity contribution is 7.92. The molecule has 22 heavy (non-hydrogen) atoms. The first kappa shape index (κ1) is 15.9. The van der Waals surface area contributed by atoms with Crippen molar-refractivity contribution in [2.75, 3.05) is 10.0 Å². The lowest BCUT2D eigenvalue weighted by Crippen LogP contribution is -2.16. The molecule has 2 rings (SSSR count). The zero-order valence-electron chi connectivity index (χ0n) is 11.4. The minimum absolute atomic E-state index is 0.108.